The number of halogens is 2. The first-order valence-corrected chi connectivity index (χ1v) is 7.80. The van der Waals surface area contributed by atoms with E-state index in [9.17, 15) is 4.79 Å². The molecule has 3 N–H and O–H groups in total. The van der Waals surface area contributed by atoms with Gasteiger partial charge in [-0.2, -0.15) is 0 Å². The molecule has 0 atom stereocenters. The van der Waals surface area contributed by atoms with Crippen LogP contribution in [0.1, 0.15) is 20.8 Å². The highest BCUT2D eigenvalue weighted by molar-refractivity contribution is 7.80. The zero-order valence-electron chi connectivity index (χ0n) is 12.6. The predicted molar refractivity (Wildman–Crippen MR) is 94.9 cm³/mol. The Bertz CT molecular complexity index is 547. The van der Waals surface area contributed by atoms with Crippen LogP contribution >= 0.6 is 35.4 Å². The maximum atomic E-state index is 11.4. The molecule has 8 heteroatoms. The van der Waals surface area contributed by atoms with Gasteiger partial charge < -0.3 is 20.7 Å². The second kappa shape index (κ2) is 8.41. The molecule has 0 aliphatic carbocycles. The molecule has 1 amide bonds. The molecule has 1 rings (SSSR count). The number of ether oxygens (including phenoxy) is 1. The van der Waals surface area contributed by atoms with Gasteiger partial charge in [-0.1, -0.05) is 23.2 Å². The number of anilines is 1. The molecule has 0 fully saturated rings. The molecule has 0 radical (unpaired) electrons. The van der Waals surface area contributed by atoms with Gasteiger partial charge in [-0.3, -0.25) is 0 Å². The fourth-order valence-electron chi connectivity index (χ4n) is 1.41. The zero-order chi connectivity index (χ0) is 16.8. The molecule has 0 aliphatic heterocycles. The fourth-order valence-corrected chi connectivity index (χ4v) is 1.96. The summed E-state index contributed by atoms with van der Waals surface area (Å²) in [5, 5.41) is 9.96. The summed E-state index contributed by atoms with van der Waals surface area (Å²) in [5.41, 5.74) is 0.101. The van der Waals surface area contributed by atoms with Crippen molar-refractivity contribution in [2.45, 2.75) is 26.4 Å². The summed E-state index contributed by atoms with van der Waals surface area (Å²) in [4.78, 5) is 11.4. The van der Waals surface area contributed by atoms with Crippen LogP contribution < -0.4 is 16.0 Å². The Morgan fingerprint density at radius 3 is 2.50 bits per heavy atom. The second-order valence-corrected chi connectivity index (χ2v) is 6.69. The first-order chi connectivity index (χ1) is 10.2. The average Bonchev–Trinajstić information content (AvgIpc) is 2.37. The van der Waals surface area contributed by atoms with E-state index >= 15 is 0 Å². The average molecular weight is 364 g/mol. The van der Waals surface area contributed by atoms with Crippen LogP contribution in [-0.2, 0) is 4.74 Å². The van der Waals surface area contributed by atoms with Crippen LogP contribution in [0.3, 0.4) is 0 Å². The van der Waals surface area contributed by atoms with Crippen LogP contribution in [0, 0.1) is 0 Å². The van der Waals surface area contributed by atoms with Gasteiger partial charge in [-0.05, 0) is 51.2 Å². The van der Waals surface area contributed by atoms with Gasteiger partial charge in [0.15, 0.2) is 5.11 Å². The number of nitrogens with one attached hydrogen (secondary N) is 3. The van der Waals surface area contributed by atoms with Gasteiger partial charge in [-0.15, -0.1) is 0 Å². The van der Waals surface area contributed by atoms with Gasteiger partial charge in [-0.25, -0.2) is 4.79 Å². The topological polar surface area (TPSA) is 62.4 Å². The summed E-state index contributed by atoms with van der Waals surface area (Å²) in [6.07, 6.45) is -0.467. The number of carbonyl (C=O) groups excluding carboxylic acids is 1. The van der Waals surface area contributed by atoms with Gasteiger partial charge in [0, 0.05) is 18.1 Å². The summed E-state index contributed by atoms with van der Waals surface area (Å²) in [7, 11) is 0. The van der Waals surface area contributed by atoms with Crippen LogP contribution in [0.25, 0.3) is 0 Å². The Kier molecular flexibility index (Phi) is 7.19. The van der Waals surface area contributed by atoms with E-state index in [0.717, 1.165) is 0 Å². The van der Waals surface area contributed by atoms with Crippen molar-refractivity contribution in [3.05, 3.63) is 28.2 Å². The van der Waals surface area contributed by atoms with Crippen LogP contribution in [-0.4, -0.2) is 29.9 Å². The van der Waals surface area contributed by atoms with Crippen LogP contribution in [0.2, 0.25) is 10.0 Å². The van der Waals surface area contributed by atoms with Crippen LogP contribution in [0.4, 0.5) is 10.5 Å². The maximum Gasteiger partial charge on any atom is 0.407 e. The van der Waals surface area contributed by atoms with E-state index < -0.39 is 11.7 Å². The molecular weight excluding hydrogens is 345 g/mol. The number of hydrogen-bond donors (Lipinski definition) is 3. The van der Waals surface area contributed by atoms with E-state index in [1.807, 2.05) is 0 Å². The Morgan fingerprint density at radius 2 is 1.86 bits per heavy atom. The molecule has 5 nitrogen and oxygen atoms in total. The number of hydrogen-bond acceptors (Lipinski definition) is 3. The van der Waals surface area contributed by atoms with E-state index in [0.29, 0.717) is 33.9 Å². The molecule has 0 aromatic heterocycles. The van der Waals surface area contributed by atoms with E-state index in [4.69, 9.17) is 40.2 Å². The highest BCUT2D eigenvalue weighted by Crippen LogP contribution is 2.25. The van der Waals surface area contributed by atoms with E-state index in [2.05, 4.69) is 16.0 Å². The van der Waals surface area contributed by atoms with E-state index in [-0.39, 0.29) is 0 Å². The van der Waals surface area contributed by atoms with Crippen molar-refractivity contribution in [3.63, 3.8) is 0 Å². The summed E-state index contributed by atoms with van der Waals surface area (Å²) < 4.78 is 5.11. The normalized spacial score (nSPS) is 10.8. The van der Waals surface area contributed by atoms with Crippen LogP contribution in [0.15, 0.2) is 18.2 Å². The SMILES string of the molecule is CC(C)(C)OC(=O)NCCNC(=S)Nc1cc(Cl)ccc1Cl. The first kappa shape index (κ1) is 18.8. The minimum Gasteiger partial charge on any atom is -0.444 e. The highest BCUT2D eigenvalue weighted by atomic mass is 35.5. The van der Waals surface area contributed by atoms with E-state index in [1.165, 1.54) is 0 Å². The Balaban J connectivity index is 2.29. The van der Waals surface area contributed by atoms with Crippen molar-refractivity contribution in [3.8, 4) is 0 Å². The molecule has 0 saturated heterocycles. The number of benzene rings is 1. The summed E-state index contributed by atoms with van der Waals surface area (Å²) in [6.45, 7) is 6.24. The summed E-state index contributed by atoms with van der Waals surface area (Å²) in [5.74, 6) is 0. The number of rotatable bonds is 4. The fraction of sp³-hybridized carbons (Fsp3) is 0.429. The van der Waals surface area contributed by atoms with Gasteiger partial charge in [0.1, 0.15) is 5.60 Å². The Hall–Kier alpha value is -1.24. The molecular formula is C14H19Cl2N3O2S. The number of thiocarbonyl (C=S) groups is 1. The smallest absolute Gasteiger partial charge is 0.407 e. The lowest BCUT2D eigenvalue weighted by Crippen LogP contribution is -2.39. The number of amides is 1. The number of carbonyl (C=O) groups is 1. The molecule has 0 bridgehead atoms. The summed E-state index contributed by atoms with van der Waals surface area (Å²) in [6, 6.07) is 5.05. The third-order valence-corrected chi connectivity index (χ3v) is 3.07. The number of alkyl carbamates (subject to hydrolysis) is 1. The largest absolute Gasteiger partial charge is 0.444 e. The maximum absolute atomic E-state index is 11.4. The highest BCUT2D eigenvalue weighted by Gasteiger charge is 2.15. The molecule has 0 saturated carbocycles. The molecule has 0 heterocycles. The third-order valence-electron chi connectivity index (χ3n) is 2.26. The predicted octanol–water partition coefficient (Wildman–Crippen LogP) is 3.80. The first-order valence-electron chi connectivity index (χ1n) is 6.64. The molecule has 0 spiro atoms. The lowest BCUT2D eigenvalue weighted by Gasteiger charge is -2.19. The minimum atomic E-state index is -0.516. The molecule has 22 heavy (non-hydrogen) atoms. The van der Waals surface area contributed by atoms with Crippen molar-refractivity contribution < 1.29 is 9.53 Å². The van der Waals surface area contributed by atoms with E-state index in [1.54, 1.807) is 39.0 Å². The molecule has 0 unspecified atom stereocenters. The summed E-state index contributed by atoms with van der Waals surface area (Å²) >= 11 is 17.1. The van der Waals surface area contributed by atoms with Gasteiger partial charge >= 0.3 is 6.09 Å². The van der Waals surface area contributed by atoms with Crippen molar-refractivity contribution in [2.24, 2.45) is 0 Å². The van der Waals surface area contributed by atoms with Crippen molar-refractivity contribution in [1.29, 1.82) is 0 Å². The van der Waals surface area contributed by atoms with Crippen molar-refractivity contribution >= 4 is 52.3 Å². The van der Waals surface area contributed by atoms with Gasteiger partial charge in [0.25, 0.3) is 0 Å². The monoisotopic (exact) mass is 363 g/mol. The Labute approximate surface area is 145 Å². The Morgan fingerprint density at radius 1 is 1.23 bits per heavy atom. The van der Waals surface area contributed by atoms with Crippen molar-refractivity contribution in [2.75, 3.05) is 18.4 Å². The molecule has 122 valence electrons. The standard InChI is InChI=1S/C14H19Cl2N3O2S/c1-14(2,3)21-13(20)18-7-6-17-12(22)19-11-8-9(15)4-5-10(11)16/h4-5,8H,6-7H2,1-3H3,(H,18,20)(H2,17,19,22). The molecule has 0 aliphatic rings. The van der Waals surface area contributed by atoms with Gasteiger partial charge in [0.05, 0.1) is 10.7 Å². The molecule has 1 aromatic carbocycles. The quantitative estimate of drug-likeness (QED) is 0.560. The molecule has 1 aromatic rings. The lowest BCUT2D eigenvalue weighted by atomic mass is 10.2. The van der Waals surface area contributed by atoms with Crippen molar-refractivity contribution in [1.82, 2.24) is 10.6 Å². The van der Waals surface area contributed by atoms with Crippen LogP contribution in [0.5, 0.6) is 0 Å². The van der Waals surface area contributed by atoms with Gasteiger partial charge in [0.2, 0.25) is 0 Å². The third kappa shape index (κ3) is 7.68. The zero-order valence-corrected chi connectivity index (χ0v) is 15.0. The second-order valence-electron chi connectivity index (χ2n) is 5.43. The minimum absolute atomic E-state index is 0.375. The lowest BCUT2D eigenvalue weighted by molar-refractivity contribution is 0.0529.